The Morgan fingerprint density at radius 1 is 1.19 bits per heavy atom. The second kappa shape index (κ2) is 6.79. The maximum absolute atomic E-state index is 4.24. The van der Waals surface area contributed by atoms with Crippen LogP contribution in [0.15, 0.2) is 42.7 Å². The van der Waals surface area contributed by atoms with Gasteiger partial charge in [0.2, 0.25) is 0 Å². The van der Waals surface area contributed by atoms with Gasteiger partial charge in [0, 0.05) is 24.1 Å². The Labute approximate surface area is 127 Å². The molecule has 2 aromatic rings. The van der Waals surface area contributed by atoms with Crippen molar-refractivity contribution in [3.05, 3.63) is 48.3 Å². The van der Waals surface area contributed by atoms with Crippen LogP contribution >= 0.6 is 0 Å². The number of hydrogen-bond acceptors (Lipinski definition) is 2. The van der Waals surface area contributed by atoms with E-state index in [9.17, 15) is 0 Å². The predicted octanol–water partition coefficient (Wildman–Crippen LogP) is 4.31. The van der Waals surface area contributed by atoms with Gasteiger partial charge in [-0.25, -0.2) is 0 Å². The molecule has 0 bridgehead atoms. The number of aromatic nitrogens is 2. The lowest BCUT2D eigenvalue weighted by molar-refractivity contribution is 0.328. The molecule has 3 heteroatoms. The lowest BCUT2D eigenvalue weighted by Crippen LogP contribution is -2.27. The topological polar surface area (TPSA) is 29.9 Å². The number of nitrogens with zero attached hydrogens (tertiary/aromatic N) is 2. The summed E-state index contributed by atoms with van der Waals surface area (Å²) in [4.78, 5) is 0. The van der Waals surface area contributed by atoms with Gasteiger partial charge in [-0.1, -0.05) is 31.4 Å². The maximum Gasteiger partial charge on any atom is 0.0659 e. The van der Waals surface area contributed by atoms with Gasteiger partial charge in [0.15, 0.2) is 0 Å². The minimum absolute atomic E-state index is 0.572. The van der Waals surface area contributed by atoms with E-state index in [0.717, 1.165) is 12.5 Å². The van der Waals surface area contributed by atoms with Crippen LogP contribution in [0.4, 0.5) is 5.69 Å². The molecule has 1 saturated carbocycles. The van der Waals surface area contributed by atoms with Crippen molar-refractivity contribution in [2.24, 2.45) is 5.92 Å². The zero-order valence-corrected chi connectivity index (χ0v) is 12.8. The number of anilines is 1. The maximum atomic E-state index is 4.24. The van der Waals surface area contributed by atoms with Crippen LogP contribution in [0.5, 0.6) is 0 Å². The van der Waals surface area contributed by atoms with E-state index < -0.39 is 0 Å². The van der Waals surface area contributed by atoms with Gasteiger partial charge in [-0.3, -0.25) is 4.68 Å². The lowest BCUT2D eigenvalue weighted by atomic mass is 9.84. The molecule has 21 heavy (non-hydrogen) atoms. The fraction of sp³-hybridized carbons (Fsp3) is 0.500. The van der Waals surface area contributed by atoms with Crippen LogP contribution in [-0.2, 0) is 6.54 Å². The summed E-state index contributed by atoms with van der Waals surface area (Å²) in [6, 6.07) is 11.3. The fourth-order valence-corrected chi connectivity index (χ4v) is 3.30. The summed E-state index contributed by atoms with van der Waals surface area (Å²) in [5.74, 6) is 0.836. The average Bonchev–Trinajstić information content (AvgIpc) is 3.03. The van der Waals surface area contributed by atoms with Crippen LogP contribution in [0.3, 0.4) is 0 Å². The second-order valence-electron chi connectivity index (χ2n) is 6.23. The molecule has 0 spiro atoms. The standard InChI is InChI=1S/C18H25N3/c1-15(17-6-3-2-4-7-17)20-18-10-8-16(9-11-18)14-21-13-5-12-19-21/h5,8-13,15,17,20H,2-4,6-7,14H2,1H3. The van der Waals surface area contributed by atoms with Crippen LogP contribution in [0.25, 0.3) is 0 Å². The number of hydrogen-bond donors (Lipinski definition) is 1. The van der Waals surface area contributed by atoms with Gasteiger partial charge in [-0.05, 0) is 49.4 Å². The zero-order valence-electron chi connectivity index (χ0n) is 12.8. The van der Waals surface area contributed by atoms with Crippen LogP contribution < -0.4 is 5.32 Å². The first-order valence-corrected chi connectivity index (χ1v) is 8.14. The van der Waals surface area contributed by atoms with E-state index in [1.54, 1.807) is 0 Å². The summed E-state index contributed by atoms with van der Waals surface area (Å²) in [5.41, 5.74) is 2.52. The van der Waals surface area contributed by atoms with E-state index in [1.807, 2.05) is 23.1 Å². The van der Waals surface area contributed by atoms with Crippen molar-refractivity contribution in [2.75, 3.05) is 5.32 Å². The summed E-state index contributed by atoms with van der Waals surface area (Å²) in [5, 5.41) is 7.92. The Hall–Kier alpha value is -1.77. The number of benzene rings is 1. The monoisotopic (exact) mass is 283 g/mol. The number of rotatable bonds is 5. The Morgan fingerprint density at radius 2 is 1.95 bits per heavy atom. The van der Waals surface area contributed by atoms with E-state index in [2.05, 4.69) is 41.6 Å². The van der Waals surface area contributed by atoms with Crippen molar-refractivity contribution in [3.63, 3.8) is 0 Å². The highest BCUT2D eigenvalue weighted by Crippen LogP contribution is 2.28. The molecule has 1 N–H and O–H groups in total. The van der Waals surface area contributed by atoms with Crippen molar-refractivity contribution in [3.8, 4) is 0 Å². The zero-order chi connectivity index (χ0) is 14.5. The summed E-state index contributed by atoms with van der Waals surface area (Å²) in [6.45, 7) is 3.17. The van der Waals surface area contributed by atoms with Gasteiger partial charge in [-0.2, -0.15) is 5.10 Å². The molecule has 1 atom stereocenters. The third-order valence-electron chi connectivity index (χ3n) is 4.61. The van der Waals surface area contributed by atoms with Crippen LogP contribution in [0.1, 0.15) is 44.6 Å². The fourth-order valence-electron chi connectivity index (χ4n) is 3.30. The molecule has 1 aliphatic rings. The second-order valence-corrected chi connectivity index (χ2v) is 6.23. The molecule has 0 radical (unpaired) electrons. The molecular weight excluding hydrogens is 258 g/mol. The average molecular weight is 283 g/mol. The molecule has 1 aromatic carbocycles. The summed E-state index contributed by atoms with van der Waals surface area (Å²) in [7, 11) is 0. The molecule has 1 heterocycles. The highest BCUT2D eigenvalue weighted by molar-refractivity contribution is 5.45. The molecule has 0 amide bonds. The molecular formula is C18H25N3. The van der Waals surface area contributed by atoms with Crippen molar-refractivity contribution < 1.29 is 0 Å². The van der Waals surface area contributed by atoms with Crippen molar-refractivity contribution in [1.82, 2.24) is 9.78 Å². The lowest BCUT2D eigenvalue weighted by Gasteiger charge is -2.29. The normalized spacial score (nSPS) is 17.6. The van der Waals surface area contributed by atoms with Crippen molar-refractivity contribution in [1.29, 1.82) is 0 Å². The van der Waals surface area contributed by atoms with Crippen LogP contribution in [-0.4, -0.2) is 15.8 Å². The van der Waals surface area contributed by atoms with Gasteiger partial charge in [0.05, 0.1) is 6.54 Å². The first kappa shape index (κ1) is 14.2. The summed E-state index contributed by atoms with van der Waals surface area (Å²) in [6.07, 6.45) is 10.8. The Bertz CT molecular complexity index is 524. The van der Waals surface area contributed by atoms with E-state index in [-0.39, 0.29) is 0 Å². The van der Waals surface area contributed by atoms with Crippen LogP contribution in [0.2, 0.25) is 0 Å². The molecule has 1 fully saturated rings. The van der Waals surface area contributed by atoms with Gasteiger partial charge in [0.1, 0.15) is 0 Å². The van der Waals surface area contributed by atoms with E-state index >= 15 is 0 Å². The molecule has 1 aromatic heterocycles. The van der Waals surface area contributed by atoms with Gasteiger partial charge in [0.25, 0.3) is 0 Å². The minimum Gasteiger partial charge on any atom is -0.382 e. The van der Waals surface area contributed by atoms with Crippen molar-refractivity contribution in [2.45, 2.75) is 51.6 Å². The highest BCUT2D eigenvalue weighted by atomic mass is 15.3. The van der Waals surface area contributed by atoms with Gasteiger partial charge < -0.3 is 5.32 Å². The Balaban J connectivity index is 1.56. The van der Waals surface area contributed by atoms with Gasteiger partial charge >= 0.3 is 0 Å². The summed E-state index contributed by atoms with van der Waals surface area (Å²) < 4.78 is 1.95. The quantitative estimate of drug-likeness (QED) is 0.886. The molecule has 0 saturated heterocycles. The van der Waals surface area contributed by atoms with E-state index in [1.165, 1.54) is 43.4 Å². The molecule has 3 rings (SSSR count). The predicted molar refractivity (Wildman–Crippen MR) is 87.4 cm³/mol. The first-order valence-electron chi connectivity index (χ1n) is 8.14. The molecule has 0 aliphatic heterocycles. The third kappa shape index (κ3) is 3.87. The van der Waals surface area contributed by atoms with Gasteiger partial charge in [-0.15, -0.1) is 0 Å². The summed E-state index contributed by atoms with van der Waals surface area (Å²) >= 11 is 0. The molecule has 1 unspecified atom stereocenters. The number of nitrogens with one attached hydrogen (secondary N) is 1. The first-order chi connectivity index (χ1) is 10.3. The molecule has 1 aliphatic carbocycles. The Morgan fingerprint density at radius 3 is 2.62 bits per heavy atom. The highest BCUT2D eigenvalue weighted by Gasteiger charge is 2.19. The van der Waals surface area contributed by atoms with Crippen LogP contribution in [0, 0.1) is 5.92 Å². The van der Waals surface area contributed by atoms with E-state index in [4.69, 9.17) is 0 Å². The van der Waals surface area contributed by atoms with Crippen molar-refractivity contribution >= 4 is 5.69 Å². The third-order valence-corrected chi connectivity index (χ3v) is 4.61. The smallest absolute Gasteiger partial charge is 0.0659 e. The largest absolute Gasteiger partial charge is 0.382 e. The van der Waals surface area contributed by atoms with E-state index in [0.29, 0.717) is 6.04 Å². The SMILES string of the molecule is CC(Nc1ccc(Cn2cccn2)cc1)C1CCCCC1. The minimum atomic E-state index is 0.572. The Kier molecular flexibility index (Phi) is 4.59. The molecule has 3 nitrogen and oxygen atoms in total. The molecule has 112 valence electrons.